The molecule has 0 radical (unpaired) electrons. The molecule has 70 valence electrons. The molecule has 1 aliphatic rings. The molecular formula is C11H20O. The summed E-state index contributed by atoms with van der Waals surface area (Å²) >= 11 is 0. The van der Waals surface area contributed by atoms with Crippen LogP contribution in [-0.2, 0) is 4.79 Å². The van der Waals surface area contributed by atoms with Crippen LogP contribution in [0, 0.1) is 23.7 Å². The van der Waals surface area contributed by atoms with Crippen LogP contribution in [-0.4, -0.2) is 5.78 Å². The van der Waals surface area contributed by atoms with Crippen LogP contribution in [0.1, 0.15) is 40.5 Å². The lowest BCUT2D eigenvalue weighted by molar-refractivity contribution is -0.129. The molecule has 0 heterocycles. The molecule has 0 amide bonds. The molecule has 0 bridgehead atoms. The van der Waals surface area contributed by atoms with Crippen LogP contribution in [0.15, 0.2) is 0 Å². The van der Waals surface area contributed by atoms with Crippen molar-refractivity contribution in [2.75, 3.05) is 0 Å². The number of carbonyl (C=O) groups is 1. The largest absolute Gasteiger partial charge is 0.299 e. The Kier molecular flexibility index (Phi) is 2.92. The van der Waals surface area contributed by atoms with Crippen LogP contribution >= 0.6 is 0 Å². The van der Waals surface area contributed by atoms with Gasteiger partial charge in [-0.3, -0.25) is 4.79 Å². The van der Waals surface area contributed by atoms with Gasteiger partial charge in [0, 0.05) is 12.3 Å². The Morgan fingerprint density at radius 1 is 1.25 bits per heavy atom. The van der Waals surface area contributed by atoms with Crippen LogP contribution in [0.2, 0.25) is 0 Å². The zero-order valence-electron chi connectivity index (χ0n) is 8.63. The summed E-state index contributed by atoms with van der Waals surface area (Å²) in [4.78, 5) is 11.5. The van der Waals surface area contributed by atoms with Crippen LogP contribution < -0.4 is 0 Å². The number of hydrogen-bond acceptors (Lipinski definition) is 1. The number of hydrogen-bond donors (Lipinski definition) is 0. The second-order valence-electron chi connectivity index (χ2n) is 4.35. The zero-order chi connectivity index (χ0) is 9.30. The van der Waals surface area contributed by atoms with E-state index in [1.807, 2.05) is 0 Å². The molecule has 0 aromatic heterocycles. The van der Waals surface area contributed by atoms with E-state index in [1.54, 1.807) is 0 Å². The monoisotopic (exact) mass is 168 g/mol. The molecule has 12 heavy (non-hydrogen) atoms. The van der Waals surface area contributed by atoms with Crippen molar-refractivity contribution in [3.05, 3.63) is 0 Å². The average molecular weight is 168 g/mol. The molecular weight excluding hydrogens is 148 g/mol. The Bertz CT molecular complexity index is 172. The standard InChI is InChI=1S/C11H20O/c1-5-10-6-11(12)9(4)7(2)8(10)3/h7-10H,5-6H2,1-4H3/t7-,8-,9+,10-/m0/s1. The average Bonchev–Trinajstić information content (AvgIpc) is 2.08. The molecule has 1 rings (SSSR count). The summed E-state index contributed by atoms with van der Waals surface area (Å²) in [5, 5.41) is 0. The van der Waals surface area contributed by atoms with E-state index in [9.17, 15) is 4.79 Å². The predicted octanol–water partition coefficient (Wildman–Crippen LogP) is 2.89. The van der Waals surface area contributed by atoms with Gasteiger partial charge in [-0.1, -0.05) is 34.1 Å². The van der Waals surface area contributed by atoms with Crippen LogP contribution in [0.3, 0.4) is 0 Å². The summed E-state index contributed by atoms with van der Waals surface area (Å²) in [5.41, 5.74) is 0. The van der Waals surface area contributed by atoms with Gasteiger partial charge in [0.05, 0.1) is 0 Å². The topological polar surface area (TPSA) is 17.1 Å². The SMILES string of the molecule is CC[C@H]1CC(=O)[C@H](C)[C@@H](C)[C@@H]1C. The second-order valence-corrected chi connectivity index (χ2v) is 4.35. The first kappa shape index (κ1) is 9.76. The Balaban J connectivity index is 2.70. The summed E-state index contributed by atoms with van der Waals surface area (Å²) in [6.45, 7) is 8.78. The Morgan fingerprint density at radius 2 is 1.83 bits per heavy atom. The van der Waals surface area contributed by atoms with E-state index in [2.05, 4.69) is 27.7 Å². The quantitative estimate of drug-likeness (QED) is 0.588. The summed E-state index contributed by atoms with van der Waals surface area (Å²) in [6, 6.07) is 0. The van der Waals surface area contributed by atoms with Crippen molar-refractivity contribution in [1.82, 2.24) is 0 Å². The first-order chi connectivity index (χ1) is 5.57. The van der Waals surface area contributed by atoms with Crippen molar-refractivity contribution in [3.63, 3.8) is 0 Å². The van der Waals surface area contributed by atoms with E-state index < -0.39 is 0 Å². The highest BCUT2D eigenvalue weighted by Crippen LogP contribution is 2.37. The Labute approximate surface area is 75.5 Å². The van der Waals surface area contributed by atoms with E-state index in [-0.39, 0.29) is 0 Å². The third kappa shape index (κ3) is 1.55. The van der Waals surface area contributed by atoms with E-state index in [0.717, 1.165) is 18.8 Å². The molecule has 1 saturated carbocycles. The number of carbonyl (C=O) groups excluding carboxylic acids is 1. The molecule has 0 aromatic carbocycles. The Hall–Kier alpha value is -0.330. The van der Waals surface area contributed by atoms with Gasteiger partial charge in [-0.25, -0.2) is 0 Å². The first-order valence-corrected chi connectivity index (χ1v) is 5.10. The molecule has 1 fully saturated rings. The highest BCUT2D eigenvalue weighted by atomic mass is 16.1. The van der Waals surface area contributed by atoms with E-state index in [4.69, 9.17) is 0 Å². The van der Waals surface area contributed by atoms with Gasteiger partial charge >= 0.3 is 0 Å². The van der Waals surface area contributed by atoms with Crippen molar-refractivity contribution in [2.24, 2.45) is 23.7 Å². The number of rotatable bonds is 1. The summed E-state index contributed by atoms with van der Waals surface area (Å²) in [7, 11) is 0. The lowest BCUT2D eigenvalue weighted by Crippen LogP contribution is -2.36. The lowest BCUT2D eigenvalue weighted by Gasteiger charge is -2.36. The molecule has 0 aliphatic heterocycles. The fraction of sp³-hybridized carbons (Fsp3) is 0.909. The van der Waals surface area contributed by atoms with Gasteiger partial charge in [-0.05, 0) is 17.8 Å². The van der Waals surface area contributed by atoms with Crippen molar-refractivity contribution >= 4 is 5.78 Å². The van der Waals surface area contributed by atoms with Crippen molar-refractivity contribution in [1.29, 1.82) is 0 Å². The number of ketones is 1. The van der Waals surface area contributed by atoms with Crippen molar-refractivity contribution < 1.29 is 4.79 Å². The highest BCUT2D eigenvalue weighted by Gasteiger charge is 2.35. The normalized spacial score (nSPS) is 43.2. The fourth-order valence-corrected chi connectivity index (χ4v) is 2.32. The number of Topliss-reactive ketones (excluding diaryl/α,β-unsaturated/α-hetero) is 1. The Morgan fingerprint density at radius 3 is 2.33 bits per heavy atom. The van der Waals surface area contributed by atoms with Gasteiger partial charge in [0.1, 0.15) is 5.78 Å². The molecule has 1 nitrogen and oxygen atoms in total. The molecule has 0 spiro atoms. The maximum Gasteiger partial charge on any atom is 0.136 e. The summed E-state index contributed by atoms with van der Waals surface area (Å²) < 4.78 is 0. The highest BCUT2D eigenvalue weighted by molar-refractivity contribution is 5.82. The van der Waals surface area contributed by atoms with Crippen LogP contribution in [0.5, 0.6) is 0 Å². The maximum absolute atomic E-state index is 11.5. The third-order valence-electron chi connectivity index (χ3n) is 3.86. The van der Waals surface area contributed by atoms with Gasteiger partial charge in [0.25, 0.3) is 0 Å². The summed E-state index contributed by atoms with van der Waals surface area (Å²) in [6.07, 6.45) is 1.98. The first-order valence-electron chi connectivity index (χ1n) is 5.10. The minimum Gasteiger partial charge on any atom is -0.299 e. The molecule has 0 N–H and O–H groups in total. The van der Waals surface area contributed by atoms with Gasteiger partial charge < -0.3 is 0 Å². The van der Waals surface area contributed by atoms with Gasteiger partial charge in [0.2, 0.25) is 0 Å². The van der Waals surface area contributed by atoms with E-state index in [0.29, 0.717) is 23.5 Å². The lowest BCUT2D eigenvalue weighted by atomic mass is 9.67. The van der Waals surface area contributed by atoms with Crippen molar-refractivity contribution in [3.8, 4) is 0 Å². The van der Waals surface area contributed by atoms with Crippen LogP contribution in [0.25, 0.3) is 0 Å². The van der Waals surface area contributed by atoms with Gasteiger partial charge in [-0.15, -0.1) is 0 Å². The zero-order valence-corrected chi connectivity index (χ0v) is 8.63. The van der Waals surface area contributed by atoms with Crippen LogP contribution in [0.4, 0.5) is 0 Å². The maximum atomic E-state index is 11.5. The van der Waals surface area contributed by atoms with Crippen molar-refractivity contribution in [2.45, 2.75) is 40.5 Å². The van der Waals surface area contributed by atoms with E-state index >= 15 is 0 Å². The molecule has 1 aliphatic carbocycles. The van der Waals surface area contributed by atoms with Gasteiger partial charge in [0.15, 0.2) is 0 Å². The smallest absolute Gasteiger partial charge is 0.136 e. The second kappa shape index (κ2) is 3.59. The minimum atomic E-state index is 0.294. The van der Waals surface area contributed by atoms with Gasteiger partial charge in [-0.2, -0.15) is 0 Å². The molecule has 4 atom stereocenters. The third-order valence-corrected chi connectivity index (χ3v) is 3.86. The predicted molar refractivity (Wildman–Crippen MR) is 50.9 cm³/mol. The molecule has 1 heteroatoms. The molecule has 0 aromatic rings. The molecule has 0 saturated heterocycles. The summed E-state index contributed by atoms with van der Waals surface area (Å²) in [5.74, 6) is 2.72. The van der Waals surface area contributed by atoms with E-state index in [1.165, 1.54) is 0 Å². The fourth-order valence-electron chi connectivity index (χ4n) is 2.32. The molecule has 0 unspecified atom stereocenters. The minimum absolute atomic E-state index is 0.294.